The van der Waals surface area contributed by atoms with Gasteiger partial charge in [0.15, 0.2) is 23.1 Å². The van der Waals surface area contributed by atoms with Gasteiger partial charge in [-0.2, -0.15) is 0 Å². The molecule has 1 aliphatic heterocycles. The zero-order valence-electron chi connectivity index (χ0n) is 24.2. The fourth-order valence-electron chi connectivity index (χ4n) is 5.49. The summed E-state index contributed by atoms with van der Waals surface area (Å²) in [4.78, 5) is 34.7. The quantitative estimate of drug-likeness (QED) is 0.177. The van der Waals surface area contributed by atoms with E-state index in [2.05, 4.69) is 15.1 Å². The van der Waals surface area contributed by atoms with Gasteiger partial charge >= 0.3 is 6.03 Å². The van der Waals surface area contributed by atoms with E-state index in [-0.39, 0.29) is 40.5 Å². The molecule has 0 atom stereocenters. The highest BCUT2D eigenvalue weighted by atomic mass is 19.1. The minimum Gasteiger partial charge on any atom is -0.494 e. The van der Waals surface area contributed by atoms with Crippen LogP contribution in [0.2, 0.25) is 0 Å². The summed E-state index contributed by atoms with van der Waals surface area (Å²) in [6.07, 6.45) is 3.04. The maximum atomic E-state index is 14.7. The van der Waals surface area contributed by atoms with E-state index in [1.54, 1.807) is 29.2 Å². The zero-order chi connectivity index (χ0) is 31.1. The van der Waals surface area contributed by atoms with E-state index >= 15 is 0 Å². The standard InChI is InChI=1S/C33H32F3N5O3/c1-44-31-15-14-27(22-29(31)36)41(32-30(38-43)5-2-16-37-32)33(42)40-20-18-39(19-21-40)17-3-4-28(23-6-10-25(34)11-7-23)24-8-12-26(35)13-9-24/h2,5-16,22,28H,3-4,17-21H2,1H3. The molecule has 1 aliphatic rings. The molecule has 1 aromatic heterocycles. The van der Waals surface area contributed by atoms with Gasteiger partial charge in [-0.05, 0) is 84.2 Å². The van der Waals surface area contributed by atoms with Crippen LogP contribution in [0.5, 0.6) is 5.75 Å². The molecule has 3 aromatic carbocycles. The van der Waals surface area contributed by atoms with Crippen molar-refractivity contribution in [3.8, 4) is 5.75 Å². The topological polar surface area (TPSA) is 78.3 Å². The summed E-state index contributed by atoms with van der Waals surface area (Å²) in [7, 11) is 1.35. The lowest BCUT2D eigenvalue weighted by atomic mass is 9.87. The van der Waals surface area contributed by atoms with E-state index in [0.29, 0.717) is 26.2 Å². The summed E-state index contributed by atoms with van der Waals surface area (Å²) in [5, 5.41) is 3.02. The Morgan fingerprint density at radius 3 is 2.14 bits per heavy atom. The van der Waals surface area contributed by atoms with E-state index in [1.165, 1.54) is 66.7 Å². The highest BCUT2D eigenvalue weighted by molar-refractivity contribution is 6.00. The minimum absolute atomic E-state index is 0.00660. The van der Waals surface area contributed by atoms with Crippen LogP contribution in [-0.4, -0.2) is 60.6 Å². The number of pyridine rings is 1. The number of aromatic nitrogens is 1. The van der Waals surface area contributed by atoms with Crippen molar-refractivity contribution in [3.63, 3.8) is 0 Å². The molecule has 0 aliphatic carbocycles. The van der Waals surface area contributed by atoms with Crippen LogP contribution in [0.1, 0.15) is 29.9 Å². The lowest BCUT2D eigenvalue weighted by Gasteiger charge is -2.37. The molecule has 1 saturated heterocycles. The number of benzene rings is 3. The zero-order valence-corrected chi connectivity index (χ0v) is 24.2. The normalized spacial score (nSPS) is 13.6. The van der Waals surface area contributed by atoms with Gasteiger partial charge in [0.2, 0.25) is 0 Å². The first-order valence-electron chi connectivity index (χ1n) is 14.3. The minimum atomic E-state index is -0.663. The number of piperazine rings is 1. The van der Waals surface area contributed by atoms with Gasteiger partial charge in [-0.1, -0.05) is 24.3 Å². The van der Waals surface area contributed by atoms with Gasteiger partial charge in [0.05, 0.1) is 12.8 Å². The number of rotatable bonds is 10. The summed E-state index contributed by atoms with van der Waals surface area (Å²) < 4.78 is 46.9. The molecule has 4 aromatic rings. The maximum Gasteiger partial charge on any atom is 0.330 e. The first-order chi connectivity index (χ1) is 21.4. The summed E-state index contributed by atoms with van der Waals surface area (Å²) in [6.45, 7) is 2.80. The van der Waals surface area contributed by atoms with Crippen LogP contribution in [0.25, 0.3) is 0 Å². The summed E-state index contributed by atoms with van der Waals surface area (Å²) >= 11 is 0. The summed E-state index contributed by atoms with van der Waals surface area (Å²) in [6, 6.07) is 19.4. The van der Waals surface area contributed by atoms with E-state index in [0.717, 1.165) is 36.6 Å². The highest BCUT2D eigenvalue weighted by Crippen LogP contribution is 2.35. The van der Waals surface area contributed by atoms with Crippen molar-refractivity contribution in [1.29, 1.82) is 0 Å². The van der Waals surface area contributed by atoms with E-state index < -0.39 is 11.8 Å². The monoisotopic (exact) mass is 603 g/mol. The van der Waals surface area contributed by atoms with Crippen LogP contribution < -0.4 is 9.64 Å². The highest BCUT2D eigenvalue weighted by Gasteiger charge is 2.30. The van der Waals surface area contributed by atoms with Crippen molar-refractivity contribution in [1.82, 2.24) is 14.8 Å². The summed E-state index contributed by atoms with van der Waals surface area (Å²) in [5.41, 5.74) is 2.06. The van der Waals surface area contributed by atoms with Crippen molar-refractivity contribution in [2.45, 2.75) is 18.8 Å². The summed E-state index contributed by atoms with van der Waals surface area (Å²) in [5.74, 6) is -1.27. The Hall–Kier alpha value is -4.77. The predicted molar refractivity (Wildman–Crippen MR) is 162 cm³/mol. The van der Waals surface area contributed by atoms with Gasteiger partial charge in [-0.3, -0.25) is 4.90 Å². The molecule has 0 unspecified atom stereocenters. The average Bonchev–Trinajstić information content (AvgIpc) is 3.05. The number of urea groups is 1. The van der Waals surface area contributed by atoms with Crippen LogP contribution in [0, 0.1) is 22.4 Å². The lowest BCUT2D eigenvalue weighted by Crippen LogP contribution is -2.52. The van der Waals surface area contributed by atoms with Crippen molar-refractivity contribution in [2.24, 2.45) is 5.18 Å². The van der Waals surface area contributed by atoms with Gasteiger partial charge in [0.25, 0.3) is 0 Å². The van der Waals surface area contributed by atoms with Crippen LogP contribution >= 0.6 is 0 Å². The Kier molecular flexibility index (Phi) is 9.86. The number of halogens is 3. The third kappa shape index (κ3) is 7.05. The molecule has 8 nitrogen and oxygen atoms in total. The molecule has 2 amide bonds. The molecular formula is C33H32F3N5O3. The van der Waals surface area contributed by atoms with Gasteiger partial charge in [-0.25, -0.2) is 27.8 Å². The Bertz CT molecular complexity index is 1530. The molecule has 0 bridgehead atoms. The number of anilines is 2. The third-order valence-corrected chi connectivity index (χ3v) is 7.82. The SMILES string of the molecule is COc1ccc(N(C(=O)N2CCN(CCCC(c3ccc(F)cc3)c3ccc(F)cc3)CC2)c2ncccc2N=O)cc1F. The van der Waals surface area contributed by atoms with Crippen molar-refractivity contribution in [3.05, 3.63) is 119 Å². The molecule has 2 heterocycles. The van der Waals surface area contributed by atoms with Gasteiger partial charge in [-0.15, -0.1) is 4.91 Å². The number of carbonyl (C=O) groups is 1. The number of hydrogen-bond acceptors (Lipinski definition) is 6. The Morgan fingerprint density at radius 2 is 1.57 bits per heavy atom. The Morgan fingerprint density at radius 1 is 0.932 bits per heavy atom. The first kappa shape index (κ1) is 30.7. The van der Waals surface area contributed by atoms with E-state index in [9.17, 15) is 22.9 Å². The van der Waals surface area contributed by atoms with E-state index in [1.807, 2.05) is 0 Å². The molecular weight excluding hydrogens is 571 g/mol. The number of nitroso groups, excluding NO2 is 1. The fraction of sp³-hybridized carbons (Fsp3) is 0.273. The molecule has 44 heavy (non-hydrogen) atoms. The number of methoxy groups -OCH3 is 1. The second-order valence-electron chi connectivity index (χ2n) is 10.5. The maximum absolute atomic E-state index is 14.7. The average molecular weight is 604 g/mol. The number of nitrogens with zero attached hydrogens (tertiary/aromatic N) is 5. The largest absolute Gasteiger partial charge is 0.494 e. The smallest absolute Gasteiger partial charge is 0.330 e. The Labute approximate surface area is 253 Å². The molecule has 0 N–H and O–H groups in total. The molecule has 0 radical (unpaired) electrons. The van der Waals surface area contributed by atoms with Crippen molar-refractivity contribution < 1.29 is 22.7 Å². The van der Waals surface area contributed by atoms with Crippen molar-refractivity contribution >= 4 is 23.2 Å². The van der Waals surface area contributed by atoms with Crippen LogP contribution in [0.15, 0.2) is 90.2 Å². The van der Waals surface area contributed by atoms with E-state index in [4.69, 9.17) is 4.74 Å². The Balaban J connectivity index is 1.25. The molecule has 228 valence electrons. The molecule has 1 fully saturated rings. The molecule has 5 rings (SSSR count). The molecule has 0 spiro atoms. The lowest BCUT2D eigenvalue weighted by molar-refractivity contribution is 0.143. The van der Waals surface area contributed by atoms with Crippen LogP contribution in [-0.2, 0) is 0 Å². The number of hydrogen-bond donors (Lipinski definition) is 0. The molecule has 0 saturated carbocycles. The van der Waals surface area contributed by atoms with Gasteiger partial charge < -0.3 is 9.64 Å². The molecule has 11 heteroatoms. The number of carbonyl (C=O) groups excluding carboxylic acids is 1. The van der Waals surface area contributed by atoms with Crippen LogP contribution in [0.4, 0.5) is 35.2 Å². The second kappa shape index (κ2) is 14.1. The predicted octanol–water partition coefficient (Wildman–Crippen LogP) is 7.39. The fourth-order valence-corrected chi connectivity index (χ4v) is 5.49. The van der Waals surface area contributed by atoms with Gasteiger partial charge in [0, 0.05) is 44.4 Å². The second-order valence-corrected chi connectivity index (χ2v) is 10.5. The third-order valence-electron chi connectivity index (χ3n) is 7.82. The van der Waals surface area contributed by atoms with Crippen LogP contribution in [0.3, 0.4) is 0 Å². The first-order valence-corrected chi connectivity index (χ1v) is 14.3. The number of amides is 2. The van der Waals surface area contributed by atoms with Gasteiger partial charge in [0.1, 0.15) is 11.6 Å². The number of ether oxygens (including phenoxy) is 1. The van der Waals surface area contributed by atoms with Crippen molar-refractivity contribution in [2.75, 3.05) is 44.7 Å².